The fourth-order valence-corrected chi connectivity index (χ4v) is 3.38. The Morgan fingerprint density at radius 2 is 1.33 bits per heavy atom. The number of fused-ring (bicyclic) bond motifs is 1. The molecule has 0 bridgehead atoms. The van der Waals surface area contributed by atoms with Gasteiger partial charge in [-0.25, -0.2) is 9.07 Å². The molecule has 10 heteroatoms. The van der Waals surface area contributed by atoms with Crippen LogP contribution in [0.4, 0.5) is 15.8 Å². The van der Waals surface area contributed by atoms with Gasteiger partial charge in [0.15, 0.2) is 0 Å². The third kappa shape index (κ3) is 5.14. The van der Waals surface area contributed by atoms with Crippen molar-refractivity contribution in [3.63, 3.8) is 0 Å². The lowest BCUT2D eigenvalue weighted by molar-refractivity contribution is -0.133. The summed E-state index contributed by atoms with van der Waals surface area (Å²) in [4.78, 5) is 37.9. The number of benzene rings is 3. The average molecular weight is 485 g/mol. The molecule has 0 aliphatic rings. The quantitative estimate of drug-likeness (QED) is 0.354. The summed E-state index contributed by atoms with van der Waals surface area (Å²) in [6, 6.07) is 17.7. The van der Waals surface area contributed by atoms with E-state index in [-0.39, 0.29) is 5.69 Å². The van der Waals surface area contributed by atoms with Crippen LogP contribution in [0.1, 0.15) is 10.5 Å². The third-order valence-electron chi connectivity index (χ3n) is 4.62. The number of amides is 3. The number of rotatable bonds is 4. The van der Waals surface area contributed by atoms with Gasteiger partial charge in [0.2, 0.25) is 0 Å². The molecule has 1 heterocycles. The van der Waals surface area contributed by atoms with Crippen LogP contribution in [-0.4, -0.2) is 22.4 Å². The zero-order valence-electron chi connectivity index (χ0n) is 16.7. The van der Waals surface area contributed by atoms with E-state index in [4.69, 9.17) is 23.2 Å². The lowest BCUT2D eigenvalue weighted by atomic mass is 10.2. The summed E-state index contributed by atoms with van der Waals surface area (Å²) >= 11 is 11.9. The van der Waals surface area contributed by atoms with E-state index in [1.54, 1.807) is 42.5 Å². The van der Waals surface area contributed by atoms with Crippen molar-refractivity contribution in [3.05, 3.63) is 94.4 Å². The first-order valence-corrected chi connectivity index (χ1v) is 10.3. The molecule has 3 amide bonds. The van der Waals surface area contributed by atoms with Crippen LogP contribution >= 0.6 is 23.2 Å². The number of hydrogen-bond acceptors (Lipinski definition) is 3. The molecule has 7 nitrogen and oxygen atoms in total. The molecular weight excluding hydrogens is 470 g/mol. The molecule has 0 aliphatic carbocycles. The molecule has 0 fully saturated rings. The number of hydrogen-bond donors (Lipinski definition) is 3. The molecule has 0 unspecified atom stereocenters. The molecular formula is C23H15Cl2FN4O3. The first kappa shape index (κ1) is 22.3. The van der Waals surface area contributed by atoms with Gasteiger partial charge in [-0.05, 0) is 72.8 Å². The maximum atomic E-state index is 13.2. The Kier molecular flexibility index (Phi) is 6.30. The molecule has 0 radical (unpaired) electrons. The minimum absolute atomic E-state index is 0.0317. The fourth-order valence-electron chi connectivity index (χ4n) is 3.08. The van der Waals surface area contributed by atoms with Gasteiger partial charge >= 0.3 is 11.8 Å². The standard InChI is InChI=1S/C23H15Cl2FN4O3/c24-14-1-6-17(7-2-14)28-22(32)23(33)29-30-19-10-3-15(25)11-13(19)12-20(30)21(31)27-18-8-4-16(26)5-9-18/h1-12H,(H,27,31)(H,28,32)(H,29,33). The number of aromatic nitrogens is 1. The molecule has 0 aliphatic heterocycles. The molecule has 0 saturated carbocycles. The summed E-state index contributed by atoms with van der Waals surface area (Å²) < 4.78 is 14.4. The highest BCUT2D eigenvalue weighted by atomic mass is 35.5. The predicted octanol–water partition coefficient (Wildman–Crippen LogP) is 5.05. The highest BCUT2D eigenvalue weighted by Gasteiger charge is 2.21. The van der Waals surface area contributed by atoms with Crippen LogP contribution in [0.5, 0.6) is 0 Å². The Hall–Kier alpha value is -3.88. The summed E-state index contributed by atoms with van der Waals surface area (Å²) in [7, 11) is 0. The fraction of sp³-hybridized carbons (Fsp3) is 0. The summed E-state index contributed by atoms with van der Waals surface area (Å²) in [5, 5.41) is 6.54. The van der Waals surface area contributed by atoms with Crippen molar-refractivity contribution < 1.29 is 18.8 Å². The van der Waals surface area contributed by atoms with Crippen molar-refractivity contribution in [2.45, 2.75) is 0 Å². The summed E-state index contributed by atoms with van der Waals surface area (Å²) in [6.45, 7) is 0. The molecule has 0 spiro atoms. The summed E-state index contributed by atoms with van der Waals surface area (Å²) in [5.74, 6) is -2.99. The molecule has 4 aromatic rings. The monoisotopic (exact) mass is 484 g/mol. The summed E-state index contributed by atoms with van der Waals surface area (Å²) in [5.41, 5.74) is 3.63. The molecule has 3 aromatic carbocycles. The first-order valence-electron chi connectivity index (χ1n) is 9.56. The Labute approximate surface area is 197 Å². The molecule has 4 rings (SSSR count). The number of nitrogens with zero attached hydrogens (tertiary/aromatic N) is 1. The number of carbonyl (C=O) groups excluding carboxylic acids is 3. The van der Waals surface area contributed by atoms with Crippen LogP contribution in [0.2, 0.25) is 10.0 Å². The van der Waals surface area contributed by atoms with E-state index in [9.17, 15) is 18.8 Å². The van der Waals surface area contributed by atoms with Crippen molar-refractivity contribution in [2.24, 2.45) is 0 Å². The van der Waals surface area contributed by atoms with Gasteiger partial charge in [0.1, 0.15) is 11.5 Å². The lowest BCUT2D eigenvalue weighted by Crippen LogP contribution is -2.36. The second-order valence-corrected chi connectivity index (χ2v) is 7.80. The maximum Gasteiger partial charge on any atom is 0.328 e. The Morgan fingerprint density at radius 3 is 2.03 bits per heavy atom. The lowest BCUT2D eigenvalue weighted by Gasteiger charge is -2.13. The molecule has 33 heavy (non-hydrogen) atoms. The topological polar surface area (TPSA) is 92.2 Å². The van der Waals surface area contributed by atoms with Crippen LogP contribution in [-0.2, 0) is 9.59 Å². The first-order chi connectivity index (χ1) is 15.8. The number of carbonyl (C=O) groups is 3. The zero-order chi connectivity index (χ0) is 23.5. The highest BCUT2D eigenvalue weighted by molar-refractivity contribution is 6.42. The van der Waals surface area contributed by atoms with Crippen molar-refractivity contribution in [1.82, 2.24) is 4.68 Å². The van der Waals surface area contributed by atoms with Crippen molar-refractivity contribution in [3.8, 4) is 0 Å². The van der Waals surface area contributed by atoms with Crippen molar-refractivity contribution in [2.75, 3.05) is 16.1 Å². The predicted molar refractivity (Wildman–Crippen MR) is 126 cm³/mol. The number of anilines is 2. The Balaban J connectivity index is 1.61. The van der Waals surface area contributed by atoms with Gasteiger partial charge in [0.05, 0.1) is 5.52 Å². The van der Waals surface area contributed by atoms with E-state index in [2.05, 4.69) is 16.1 Å². The van der Waals surface area contributed by atoms with E-state index in [0.717, 1.165) is 0 Å². The zero-order valence-corrected chi connectivity index (χ0v) is 18.2. The second-order valence-electron chi connectivity index (χ2n) is 6.93. The minimum atomic E-state index is -1.01. The number of nitrogens with one attached hydrogen (secondary N) is 3. The van der Waals surface area contributed by atoms with E-state index in [0.29, 0.717) is 32.3 Å². The van der Waals surface area contributed by atoms with Crippen LogP contribution in [0, 0.1) is 5.82 Å². The minimum Gasteiger partial charge on any atom is -0.321 e. The Morgan fingerprint density at radius 1 is 0.727 bits per heavy atom. The van der Waals surface area contributed by atoms with Gasteiger partial charge in [-0.15, -0.1) is 0 Å². The largest absolute Gasteiger partial charge is 0.328 e. The van der Waals surface area contributed by atoms with Crippen LogP contribution in [0.3, 0.4) is 0 Å². The highest BCUT2D eigenvalue weighted by Crippen LogP contribution is 2.24. The van der Waals surface area contributed by atoms with Crippen molar-refractivity contribution in [1.29, 1.82) is 0 Å². The second kappa shape index (κ2) is 9.32. The van der Waals surface area contributed by atoms with Crippen LogP contribution in [0.25, 0.3) is 10.9 Å². The Bertz CT molecular complexity index is 1370. The van der Waals surface area contributed by atoms with E-state index in [1.165, 1.54) is 35.0 Å². The van der Waals surface area contributed by atoms with Gasteiger partial charge in [-0.3, -0.25) is 19.8 Å². The summed E-state index contributed by atoms with van der Waals surface area (Å²) in [6.07, 6.45) is 0. The van der Waals surface area contributed by atoms with E-state index < -0.39 is 23.5 Å². The van der Waals surface area contributed by atoms with Crippen LogP contribution in [0.15, 0.2) is 72.8 Å². The molecule has 166 valence electrons. The van der Waals surface area contributed by atoms with Gasteiger partial charge in [-0.2, -0.15) is 0 Å². The maximum absolute atomic E-state index is 13.2. The van der Waals surface area contributed by atoms with Gasteiger partial charge < -0.3 is 10.6 Å². The van der Waals surface area contributed by atoms with E-state index in [1.807, 2.05) is 0 Å². The molecule has 3 N–H and O–H groups in total. The average Bonchev–Trinajstić information content (AvgIpc) is 3.14. The van der Waals surface area contributed by atoms with Gasteiger partial charge in [-0.1, -0.05) is 23.2 Å². The molecule has 1 aromatic heterocycles. The SMILES string of the molecule is O=C(Nc1ccc(Cl)cc1)C(=O)Nn1c(C(=O)Nc2ccc(F)cc2)cc2cc(Cl)ccc21. The van der Waals surface area contributed by atoms with Crippen molar-refractivity contribution >= 4 is 63.2 Å². The third-order valence-corrected chi connectivity index (χ3v) is 5.11. The smallest absolute Gasteiger partial charge is 0.321 e. The van der Waals surface area contributed by atoms with E-state index >= 15 is 0 Å². The van der Waals surface area contributed by atoms with Gasteiger partial charge in [0.25, 0.3) is 5.91 Å². The molecule has 0 saturated heterocycles. The normalized spacial score (nSPS) is 10.6. The van der Waals surface area contributed by atoms with Crippen LogP contribution < -0.4 is 16.1 Å². The van der Waals surface area contributed by atoms with Gasteiger partial charge in [0, 0.05) is 26.8 Å². The molecule has 0 atom stereocenters. The number of halogens is 3.